The highest BCUT2D eigenvalue weighted by Gasteiger charge is 2.07. The fraction of sp³-hybridized carbons (Fsp3) is 0.357. The molecule has 0 bridgehead atoms. The average molecular weight is 282 g/mol. The Morgan fingerprint density at radius 1 is 1.42 bits per heavy atom. The predicted octanol–water partition coefficient (Wildman–Crippen LogP) is 3.22. The zero-order chi connectivity index (χ0) is 13.8. The third-order valence-corrected chi connectivity index (χ3v) is 3.06. The third-order valence-electron chi connectivity index (χ3n) is 2.77. The fourth-order valence-electron chi connectivity index (χ4n) is 1.75. The van der Waals surface area contributed by atoms with Gasteiger partial charge in [0, 0.05) is 29.9 Å². The molecule has 0 radical (unpaired) electrons. The molecule has 0 fully saturated rings. The van der Waals surface area contributed by atoms with Gasteiger partial charge in [0.05, 0.1) is 17.8 Å². The molecule has 2 rings (SSSR count). The lowest BCUT2D eigenvalue weighted by Crippen LogP contribution is -2.21. The summed E-state index contributed by atoms with van der Waals surface area (Å²) in [5.74, 6) is -0.374. The summed E-state index contributed by atoms with van der Waals surface area (Å²) in [6.07, 6.45) is 3.70. The van der Waals surface area contributed by atoms with Crippen molar-refractivity contribution in [3.8, 4) is 0 Å². The molecule has 19 heavy (non-hydrogen) atoms. The van der Waals surface area contributed by atoms with Gasteiger partial charge in [0.2, 0.25) is 0 Å². The molecule has 0 aliphatic rings. The largest absolute Gasteiger partial charge is 0.310 e. The summed E-state index contributed by atoms with van der Waals surface area (Å²) < 4.78 is 15.5. The van der Waals surface area contributed by atoms with E-state index in [1.807, 2.05) is 6.20 Å². The normalized spacial score (nSPS) is 11.2. The van der Waals surface area contributed by atoms with Gasteiger partial charge in [-0.25, -0.2) is 4.39 Å². The lowest BCUT2D eigenvalue weighted by molar-refractivity contribution is 0.581. The summed E-state index contributed by atoms with van der Waals surface area (Å²) >= 11 is 5.76. The molecule has 1 aromatic heterocycles. The van der Waals surface area contributed by atoms with Gasteiger partial charge in [-0.3, -0.25) is 4.68 Å². The van der Waals surface area contributed by atoms with Gasteiger partial charge < -0.3 is 5.32 Å². The Labute approximate surface area is 117 Å². The molecule has 0 saturated heterocycles. The van der Waals surface area contributed by atoms with E-state index in [4.69, 9.17) is 11.6 Å². The minimum Gasteiger partial charge on any atom is -0.310 e. The Balaban J connectivity index is 2.05. The smallest absolute Gasteiger partial charge is 0.146 e. The molecule has 0 atom stereocenters. The van der Waals surface area contributed by atoms with E-state index in [0.29, 0.717) is 18.2 Å². The van der Waals surface area contributed by atoms with Gasteiger partial charge in [-0.15, -0.1) is 0 Å². The molecule has 0 aliphatic carbocycles. The van der Waals surface area contributed by atoms with Crippen LogP contribution in [0.25, 0.3) is 0 Å². The lowest BCUT2D eigenvalue weighted by atomic mass is 10.2. The van der Waals surface area contributed by atoms with Crippen molar-refractivity contribution in [2.45, 2.75) is 33.0 Å². The number of hydrogen-bond donors (Lipinski definition) is 1. The molecule has 102 valence electrons. The van der Waals surface area contributed by atoms with Crippen molar-refractivity contribution in [1.82, 2.24) is 15.1 Å². The maximum atomic E-state index is 13.8. The van der Waals surface area contributed by atoms with E-state index < -0.39 is 0 Å². The van der Waals surface area contributed by atoms with E-state index in [1.54, 1.807) is 29.1 Å². The first-order valence-electron chi connectivity index (χ1n) is 6.24. The standard InChI is InChI=1S/C14H17ClFN3/c1-10(2)17-6-11-7-18-19(8-11)9-12-4-3-5-13(15)14(12)16/h3-5,7-8,10,17H,6,9H2,1-2H3. The summed E-state index contributed by atoms with van der Waals surface area (Å²) in [6.45, 7) is 5.32. The van der Waals surface area contributed by atoms with Crippen LogP contribution in [-0.2, 0) is 13.1 Å². The van der Waals surface area contributed by atoms with E-state index >= 15 is 0 Å². The topological polar surface area (TPSA) is 29.9 Å². The van der Waals surface area contributed by atoms with Gasteiger partial charge in [0.25, 0.3) is 0 Å². The van der Waals surface area contributed by atoms with Crippen LogP contribution in [-0.4, -0.2) is 15.8 Å². The molecule has 0 amide bonds. The van der Waals surface area contributed by atoms with Crippen molar-refractivity contribution in [2.24, 2.45) is 0 Å². The number of nitrogens with one attached hydrogen (secondary N) is 1. The summed E-state index contributed by atoms with van der Waals surface area (Å²) in [6, 6.07) is 5.43. The van der Waals surface area contributed by atoms with Crippen molar-refractivity contribution in [2.75, 3.05) is 0 Å². The highest BCUT2D eigenvalue weighted by atomic mass is 35.5. The molecule has 0 unspecified atom stereocenters. The Morgan fingerprint density at radius 3 is 2.95 bits per heavy atom. The molecule has 3 nitrogen and oxygen atoms in total. The molecule has 5 heteroatoms. The molecule has 1 heterocycles. The monoisotopic (exact) mass is 281 g/mol. The van der Waals surface area contributed by atoms with E-state index in [0.717, 1.165) is 12.1 Å². The van der Waals surface area contributed by atoms with Crippen LogP contribution in [0.15, 0.2) is 30.6 Å². The Morgan fingerprint density at radius 2 is 2.21 bits per heavy atom. The van der Waals surface area contributed by atoms with Crippen LogP contribution in [0.5, 0.6) is 0 Å². The van der Waals surface area contributed by atoms with Crippen LogP contribution in [0.1, 0.15) is 25.0 Å². The van der Waals surface area contributed by atoms with Gasteiger partial charge in [-0.05, 0) is 6.07 Å². The summed E-state index contributed by atoms with van der Waals surface area (Å²) in [7, 11) is 0. The predicted molar refractivity (Wildman–Crippen MR) is 74.7 cm³/mol. The molecular formula is C14H17ClFN3. The second-order valence-corrected chi connectivity index (χ2v) is 5.20. The Hall–Kier alpha value is -1.39. The van der Waals surface area contributed by atoms with Gasteiger partial charge >= 0.3 is 0 Å². The van der Waals surface area contributed by atoms with Crippen LogP contribution >= 0.6 is 11.6 Å². The highest BCUT2D eigenvalue weighted by Crippen LogP contribution is 2.18. The third kappa shape index (κ3) is 3.78. The first kappa shape index (κ1) is 14.0. The quantitative estimate of drug-likeness (QED) is 0.912. The molecule has 2 aromatic rings. The van der Waals surface area contributed by atoms with E-state index in [-0.39, 0.29) is 10.8 Å². The number of halogens is 2. The van der Waals surface area contributed by atoms with Crippen molar-refractivity contribution < 1.29 is 4.39 Å². The minimum atomic E-state index is -0.374. The summed E-state index contributed by atoms with van der Waals surface area (Å²) in [5.41, 5.74) is 1.62. The Bertz CT molecular complexity index is 551. The minimum absolute atomic E-state index is 0.145. The number of hydrogen-bond acceptors (Lipinski definition) is 2. The Kier molecular flexibility index (Phi) is 4.56. The van der Waals surface area contributed by atoms with Crippen LogP contribution in [0.3, 0.4) is 0 Å². The maximum Gasteiger partial charge on any atom is 0.146 e. The first-order chi connectivity index (χ1) is 9.06. The number of rotatable bonds is 5. The number of benzene rings is 1. The molecule has 0 aliphatic heterocycles. The lowest BCUT2D eigenvalue weighted by Gasteiger charge is -2.06. The SMILES string of the molecule is CC(C)NCc1cnn(Cc2cccc(Cl)c2F)c1. The molecule has 1 N–H and O–H groups in total. The summed E-state index contributed by atoms with van der Waals surface area (Å²) in [5, 5.41) is 7.68. The van der Waals surface area contributed by atoms with Gasteiger partial charge in [0.15, 0.2) is 0 Å². The molecule has 0 saturated carbocycles. The average Bonchev–Trinajstić information content (AvgIpc) is 2.80. The van der Waals surface area contributed by atoms with Crippen LogP contribution < -0.4 is 5.32 Å². The van der Waals surface area contributed by atoms with Gasteiger partial charge in [0.1, 0.15) is 5.82 Å². The fourth-order valence-corrected chi connectivity index (χ4v) is 1.95. The van der Waals surface area contributed by atoms with Crippen LogP contribution in [0, 0.1) is 5.82 Å². The zero-order valence-corrected chi connectivity index (χ0v) is 11.8. The van der Waals surface area contributed by atoms with Crippen molar-refractivity contribution in [1.29, 1.82) is 0 Å². The molecule has 1 aromatic carbocycles. The van der Waals surface area contributed by atoms with Gasteiger partial charge in [-0.1, -0.05) is 37.6 Å². The van der Waals surface area contributed by atoms with Crippen molar-refractivity contribution in [3.63, 3.8) is 0 Å². The van der Waals surface area contributed by atoms with Crippen LogP contribution in [0.2, 0.25) is 5.02 Å². The summed E-state index contributed by atoms with van der Waals surface area (Å²) in [4.78, 5) is 0. The molecule has 0 spiro atoms. The van der Waals surface area contributed by atoms with E-state index in [1.165, 1.54) is 0 Å². The highest BCUT2D eigenvalue weighted by molar-refractivity contribution is 6.30. The van der Waals surface area contributed by atoms with Crippen LogP contribution in [0.4, 0.5) is 4.39 Å². The number of aromatic nitrogens is 2. The van der Waals surface area contributed by atoms with Crippen molar-refractivity contribution >= 4 is 11.6 Å². The second kappa shape index (κ2) is 6.17. The zero-order valence-electron chi connectivity index (χ0n) is 11.0. The van der Waals surface area contributed by atoms with Crippen molar-refractivity contribution in [3.05, 3.63) is 52.6 Å². The second-order valence-electron chi connectivity index (χ2n) is 4.79. The first-order valence-corrected chi connectivity index (χ1v) is 6.61. The van der Waals surface area contributed by atoms with E-state index in [2.05, 4.69) is 24.3 Å². The number of nitrogens with zero attached hydrogens (tertiary/aromatic N) is 2. The van der Waals surface area contributed by atoms with E-state index in [9.17, 15) is 4.39 Å². The molecular weight excluding hydrogens is 265 g/mol. The van der Waals surface area contributed by atoms with Gasteiger partial charge in [-0.2, -0.15) is 5.10 Å². The maximum absolute atomic E-state index is 13.8.